The van der Waals surface area contributed by atoms with Gasteiger partial charge in [0.15, 0.2) is 10.1 Å². The van der Waals surface area contributed by atoms with Gasteiger partial charge in [-0.2, -0.15) is 26.3 Å². The third-order valence-electron chi connectivity index (χ3n) is 3.77. The molecule has 0 spiro atoms. The maximum Gasteiger partial charge on any atom is 1.00 e. The van der Waals surface area contributed by atoms with Crippen molar-refractivity contribution < 1.29 is 101 Å². The normalized spacial score (nSPS) is 14.4. The van der Waals surface area contributed by atoms with E-state index >= 15 is 0 Å². The molecule has 0 fully saturated rings. The number of aliphatic carboxylic acids is 1. The predicted molar refractivity (Wildman–Crippen MR) is 83.4 cm³/mol. The molecule has 28 heavy (non-hydrogen) atoms. The SMILES string of the molecule is O=C(O)CCCCCCCCC(Cl)CC(F)(F)C(F)(F)C(F)(F)S(=O)(=O)[O-].[K+]. The van der Waals surface area contributed by atoms with E-state index in [-0.39, 0.29) is 70.6 Å². The van der Waals surface area contributed by atoms with Crippen molar-refractivity contribution in [3.05, 3.63) is 0 Å². The van der Waals surface area contributed by atoms with E-state index in [1.54, 1.807) is 0 Å². The average molecular weight is 489 g/mol. The van der Waals surface area contributed by atoms with Crippen molar-refractivity contribution in [1.29, 1.82) is 0 Å². The van der Waals surface area contributed by atoms with Gasteiger partial charge < -0.3 is 9.66 Å². The summed E-state index contributed by atoms with van der Waals surface area (Å²) in [5.74, 6) is -12.8. The Morgan fingerprint density at radius 2 is 1.39 bits per heavy atom. The van der Waals surface area contributed by atoms with E-state index in [0.717, 1.165) is 0 Å². The molecule has 0 rings (SSSR count). The first kappa shape index (κ1) is 31.1. The zero-order chi connectivity index (χ0) is 21.5. The number of carboxylic acids is 1. The molecule has 0 heterocycles. The maximum absolute atomic E-state index is 13.5. The van der Waals surface area contributed by atoms with Crippen molar-refractivity contribution in [1.82, 2.24) is 0 Å². The van der Waals surface area contributed by atoms with Crippen LogP contribution in [0.3, 0.4) is 0 Å². The van der Waals surface area contributed by atoms with Gasteiger partial charge >= 0.3 is 74.5 Å². The summed E-state index contributed by atoms with van der Waals surface area (Å²) >= 11 is 5.48. The van der Waals surface area contributed by atoms with E-state index in [2.05, 4.69) is 0 Å². The van der Waals surface area contributed by atoms with Crippen LogP contribution in [0.2, 0.25) is 0 Å². The fraction of sp³-hybridized carbons (Fsp3) is 0.929. The van der Waals surface area contributed by atoms with Gasteiger partial charge in [-0.25, -0.2) is 8.42 Å². The molecule has 0 saturated carbocycles. The molecule has 0 radical (unpaired) electrons. The maximum atomic E-state index is 13.5. The van der Waals surface area contributed by atoms with Crippen LogP contribution >= 0.6 is 11.6 Å². The number of halogens is 7. The first-order chi connectivity index (χ1) is 12.1. The second-order valence-electron chi connectivity index (χ2n) is 6.10. The summed E-state index contributed by atoms with van der Waals surface area (Å²) in [5, 5.41) is 0.321. The molecule has 14 heteroatoms. The zero-order valence-electron chi connectivity index (χ0n) is 15.1. The van der Waals surface area contributed by atoms with Crippen molar-refractivity contribution >= 4 is 27.7 Å². The minimum absolute atomic E-state index is 0. The van der Waals surface area contributed by atoms with Gasteiger partial charge in [0.2, 0.25) is 0 Å². The number of alkyl halides is 7. The molecular weight excluding hydrogens is 469 g/mol. The number of rotatable bonds is 14. The molecule has 162 valence electrons. The van der Waals surface area contributed by atoms with Crippen molar-refractivity contribution in [2.24, 2.45) is 0 Å². The third-order valence-corrected chi connectivity index (χ3v) is 5.03. The molecule has 1 N–H and O–H groups in total. The summed E-state index contributed by atoms with van der Waals surface area (Å²) < 4.78 is 110. The predicted octanol–water partition coefficient (Wildman–Crippen LogP) is 1.60. The van der Waals surface area contributed by atoms with Gasteiger partial charge in [0.25, 0.3) is 0 Å². The van der Waals surface area contributed by atoms with Gasteiger partial charge in [0.1, 0.15) is 0 Å². The minimum atomic E-state index is -7.01. The van der Waals surface area contributed by atoms with Crippen LogP contribution in [0.15, 0.2) is 0 Å². The fourth-order valence-corrected chi connectivity index (χ4v) is 3.04. The summed E-state index contributed by atoms with van der Waals surface area (Å²) in [6, 6.07) is 0. The smallest absolute Gasteiger partial charge is 0.743 e. The number of hydrogen-bond donors (Lipinski definition) is 1. The van der Waals surface area contributed by atoms with Crippen molar-refractivity contribution in [3.63, 3.8) is 0 Å². The van der Waals surface area contributed by atoms with E-state index in [9.17, 15) is 44.1 Å². The third kappa shape index (κ3) is 9.35. The Balaban J connectivity index is 0. The van der Waals surface area contributed by atoms with E-state index in [4.69, 9.17) is 16.7 Å². The summed E-state index contributed by atoms with van der Waals surface area (Å²) in [6.07, 6.45) is 0.990. The molecule has 0 aliphatic carbocycles. The molecule has 0 amide bonds. The molecule has 0 aliphatic heterocycles. The topological polar surface area (TPSA) is 94.5 Å². The molecule has 0 aromatic heterocycles. The molecule has 1 unspecified atom stereocenters. The van der Waals surface area contributed by atoms with Crippen LogP contribution in [0.4, 0.5) is 26.3 Å². The standard InChI is InChI=1S/C14H21ClF6O5S.K/c15-10(7-5-3-1-2-4-6-8-11(22)23)9-12(16,17)13(18,19)14(20,21)27(24,25)26;/h10H,1-9H2,(H,22,23)(H,24,25,26);/q;+1/p-1. The number of hydrogen-bond acceptors (Lipinski definition) is 4. The Labute approximate surface area is 206 Å². The Kier molecular flexibility index (Phi) is 14.1. The Bertz CT molecular complexity index is 591. The van der Waals surface area contributed by atoms with Gasteiger partial charge in [-0.1, -0.05) is 32.1 Å². The average Bonchev–Trinajstić information content (AvgIpc) is 2.47. The van der Waals surface area contributed by atoms with Gasteiger partial charge in [0.05, 0.1) is 0 Å². The fourth-order valence-electron chi connectivity index (χ4n) is 2.23. The molecule has 5 nitrogen and oxygen atoms in total. The first-order valence-corrected chi connectivity index (χ1v) is 9.85. The molecule has 0 aromatic rings. The quantitative estimate of drug-likeness (QED) is 0.132. The second-order valence-corrected chi connectivity index (χ2v) is 8.14. The van der Waals surface area contributed by atoms with Gasteiger partial charge in [-0.3, -0.25) is 4.79 Å². The molecular formula is C14H20ClF6KO5S. The van der Waals surface area contributed by atoms with Gasteiger partial charge in [0, 0.05) is 18.2 Å². The molecule has 0 saturated heterocycles. The van der Waals surface area contributed by atoms with Crippen LogP contribution < -0.4 is 51.4 Å². The van der Waals surface area contributed by atoms with Crippen molar-refractivity contribution in [2.45, 2.75) is 80.3 Å². The van der Waals surface area contributed by atoms with Crippen LogP contribution in [0.1, 0.15) is 57.8 Å². The van der Waals surface area contributed by atoms with Crippen molar-refractivity contribution in [3.8, 4) is 0 Å². The van der Waals surface area contributed by atoms with E-state index in [1.165, 1.54) is 0 Å². The Morgan fingerprint density at radius 1 is 0.964 bits per heavy atom. The number of carboxylic acid groups (broad SMARTS) is 1. The summed E-state index contributed by atoms with van der Waals surface area (Å²) in [6.45, 7) is 0. The van der Waals surface area contributed by atoms with Gasteiger partial charge in [-0.15, -0.1) is 11.6 Å². The number of unbranched alkanes of at least 4 members (excludes halogenated alkanes) is 5. The Hall–Kier alpha value is 0.886. The monoisotopic (exact) mass is 488 g/mol. The van der Waals surface area contributed by atoms with E-state index in [0.29, 0.717) is 32.1 Å². The van der Waals surface area contributed by atoms with Crippen LogP contribution in [0.5, 0.6) is 0 Å². The number of carbonyl (C=O) groups is 1. The second kappa shape index (κ2) is 12.7. The van der Waals surface area contributed by atoms with Crippen LogP contribution in [0, 0.1) is 0 Å². The van der Waals surface area contributed by atoms with E-state index < -0.39 is 45.0 Å². The van der Waals surface area contributed by atoms with Crippen LogP contribution in [-0.2, 0) is 14.9 Å². The minimum Gasteiger partial charge on any atom is -0.743 e. The molecule has 0 aliphatic rings. The first-order valence-electron chi connectivity index (χ1n) is 8.01. The molecule has 0 aromatic carbocycles. The summed E-state index contributed by atoms with van der Waals surface area (Å²) in [7, 11) is -7.01. The Morgan fingerprint density at radius 3 is 1.82 bits per heavy atom. The van der Waals surface area contributed by atoms with Gasteiger partial charge in [-0.05, 0) is 12.8 Å². The van der Waals surface area contributed by atoms with Crippen molar-refractivity contribution in [2.75, 3.05) is 0 Å². The molecule has 0 bridgehead atoms. The van der Waals surface area contributed by atoms with Crippen LogP contribution in [0.25, 0.3) is 0 Å². The van der Waals surface area contributed by atoms with Crippen LogP contribution in [-0.4, -0.2) is 46.5 Å². The zero-order valence-corrected chi connectivity index (χ0v) is 19.8. The largest absolute Gasteiger partial charge is 1.00 e. The molecule has 1 atom stereocenters. The summed E-state index contributed by atoms with van der Waals surface area (Å²) in [4.78, 5) is 10.3. The van der Waals surface area contributed by atoms with E-state index in [1.807, 2.05) is 0 Å². The summed E-state index contributed by atoms with van der Waals surface area (Å²) in [5.41, 5.74) is 0.